The first-order chi connectivity index (χ1) is 11.0. The van der Waals surface area contributed by atoms with Gasteiger partial charge in [-0.25, -0.2) is 4.79 Å². The molecule has 124 valence electrons. The minimum absolute atomic E-state index is 0.343. The van der Waals surface area contributed by atoms with Gasteiger partial charge in [0.05, 0.1) is 13.2 Å². The van der Waals surface area contributed by atoms with Crippen molar-refractivity contribution in [1.82, 2.24) is 9.55 Å². The molecule has 0 spiro atoms. The summed E-state index contributed by atoms with van der Waals surface area (Å²) in [5.41, 5.74) is 0.447. The largest absolute Gasteiger partial charge is 0.478 e. The van der Waals surface area contributed by atoms with E-state index in [4.69, 9.17) is 27.9 Å². The van der Waals surface area contributed by atoms with Gasteiger partial charge < -0.3 is 4.74 Å². The van der Waals surface area contributed by atoms with Crippen LogP contribution in [0.4, 0.5) is 0 Å². The summed E-state index contributed by atoms with van der Waals surface area (Å²) in [6.45, 7) is 5.25. The molecule has 0 fully saturated rings. The Balaban J connectivity index is 2.00. The monoisotopic (exact) mass is 354 g/mol. The summed E-state index contributed by atoms with van der Waals surface area (Å²) in [7, 11) is 0. The normalized spacial score (nSPS) is 11.0. The third-order valence-corrected chi connectivity index (χ3v) is 3.97. The highest BCUT2D eigenvalue weighted by Crippen LogP contribution is 2.21. The van der Waals surface area contributed by atoms with Crippen LogP contribution in [0.2, 0.25) is 10.0 Å². The molecule has 0 saturated carbocycles. The van der Waals surface area contributed by atoms with Crippen LogP contribution < -0.4 is 10.4 Å². The second-order valence-corrected chi connectivity index (χ2v) is 6.64. The summed E-state index contributed by atoms with van der Waals surface area (Å²) < 4.78 is 7.00. The summed E-state index contributed by atoms with van der Waals surface area (Å²) in [4.78, 5) is 16.0. The fourth-order valence-corrected chi connectivity index (χ4v) is 2.58. The molecule has 0 aliphatic carbocycles. The number of hydrogen-bond donors (Lipinski definition) is 0. The van der Waals surface area contributed by atoms with Crippen LogP contribution in [0.15, 0.2) is 35.3 Å². The zero-order valence-electron chi connectivity index (χ0n) is 13.3. The highest BCUT2D eigenvalue weighted by Gasteiger charge is 2.06. The summed E-state index contributed by atoms with van der Waals surface area (Å²) in [6.07, 6.45) is 3.70. The van der Waals surface area contributed by atoms with Crippen LogP contribution >= 0.6 is 23.2 Å². The van der Waals surface area contributed by atoms with E-state index in [1.54, 1.807) is 30.5 Å². The Kier molecular flexibility index (Phi) is 6.48. The molecule has 0 aliphatic rings. The van der Waals surface area contributed by atoms with Gasteiger partial charge in [-0.3, -0.25) is 4.57 Å². The maximum Gasteiger partial charge on any atom is 0.351 e. The SMILES string of the molecule is CC(C)CCCOc1ccn(Cc2ccc(Cl)cc2Cl)c(=O)n1. The van der Waals surface area contributed by atoms with Crippen molar-refractivity contribution >= 4 is 23.2 Å². The van der Waals surface area contributed by atoms with Crippen molar-refractivity contribution in [3.05, 3.63) is 56.6 Å². The fourth-order valence-electron chi connectivity index (χ4n) is 2.12. The van der Waals surface area contributed by atoms with Gasteiger partial charge in [-0.15, -0.1) is 0 Å². The lowest BCUT2D eigenvalue weighted by atomic mass is 10.1. The molecule has 1 aromatic heterocycles. The molecule has 0 saturated heterocycles. The van der Waals surface area contributed by atoms with Crippen molar-refractivity contribution in [2.45, 2.75) is 33.2 Å². The van der Waals surface area contributed by atoms with Crippen LogP contribution in [-0.4, -0.2) is 16.2 Å². The minimum Gasteiger partial charge on any atom is -0.478 e. The molecule has 0 radical (unpaired) electrons. The number of ether oxygens (including phenoxy) is 1. The van der Waals surface area contributed by atoms with Crippen LogP contribution in [0.1, 0.15) is 32.3 Å². The van der Waals surface area contributed by atoms with Gasteiger partial charge in [0.2, 0.25) is 5.88 Å². The quantitative estimate of drug-likeness (QED) is 0.691. The third kappa shape index (κ3) is 5.56. The molecule has 0 atom stereocenters. The van der Waals surface area contributed by atoms with Crippen LogP contribution in [0.3, 0.4) is 0 Å². The molecule has 0 N–H and O–H groups in total. The summed E-state index contributed by atoms with van der Waals surface area (Å²) in [5, 5.41) is 1.09. The van der Waals surface area contributed by atoms with Crippen LogP contribution in [0, 0.1) is 5.92 Å². The van der Waals surface area contributed by atoms with Gasteiger partial charge in [0.1, 0.15) is 0 Å². The Labute approximate surface area is 146 Å². The highest BCUT2D eigenvalue weighted by molar-refractivity contribution is 6.35. The van der Waals surface area contributed by atoms with Gasteiger partial charge in [-0.05, 0) is 36.5 Å². The zero-order valence-corrected chi connectivity index (χ0v) is 14.8. The van der Waals surface area contributed by atoms with E-state index in [2.05, 4.69) is 18.8 Å². The Morgan fingerprint density at radius 3 is 2.70 bits per heavy atom. The number of nitrogens with zero attached hydrogens (tertiary/aromatic N) is 2. The van der Waals surface area contributed by atoms with Gasteiger partial charge in [0.25, 0.3) is 0 Å². The van der Waals surface area contributed by atoms with E-state index in [1.807, 2.05) is 0 Å². The molecule has 0 amide bonds. The van der Waals surface area contributed by atoms with E-state index in [0.29, 0.717) is 35.0 Å². The molecule has 0 bridgehead atoms. The summed E-state index contributed by atoms with van der Waals surface area (Å²) >= 11 is 12.0. The Morgan fingerprint density at radius 1 is 1.26 bits per heavy atom. The number of hydrogen-bond acceptors (Lipinski definition) is 3. The third-order valence-electron chi connectivity index (χ3n) is 3.38. The molecular formula is C17H20Cl2N2O2. The van der Waals surface area contributed by atoms with Crippen LogP contribution in [0.25, 0.3) is 0 Å². The first kappa shape index (κ1) is 17.8. The van der Waals surface area contributed by atoms with Crippen molar-refractivity contribution in [2.75, 3.05) is 6.61 Å². The van der Waals surface area contributed by atoms with Gasteiger partial charge >= 0.3 is 5.69 Å². The first-order valence-corrected chi connectivity index (χ1v) is 8.35. The molecule has 1 aromatic carbocycles. The van der Waals surface area contributed by atoms with Crippen LogP contribution in [0.5, 0.6) is 5.88 Å². The maximum absolute atomic E-state index is 12.1. The molecule has 6 heteroatoms. The van der Waals surface area contributed by atoms with Crippen molar-refractivity contribution in [1.29, 1.82) is 0 Å². The minimum atomic E-state index is -0.364. The second-order valence-electron chi connectivity index (χ2n) is 5.80. The van der Waals surface area contributed by atoms with E-state index >= 15 is 0 Å². The molecular weight excluding hydrogens is 335 g/mol. The van der Waals surface area contributed by atoms with Gasteiger partial charge in [-0.2, -0.15) is 4.98 Å². The predicted octanol–water partition coefficient (Wildman–Crippen LogP) is 4.41. The summed E-state index contributed by atoms with van der Waals surface area (Å²) in [5.74, 6) is 1.00. The van der Waals surface area contributed by atoms with Gasteiger partial charge in [0.15, 0.2) is 0 Å². The smallest absolute Gasteiger partial charge is 0.351 e. The molecule has 2 rings (SSSR count). The lowest BCUT2D eigenvalue weighted by Crippen LogP contribution is -2.23. The molecule has 23 heavy (non-hydrogen) atoms. The number of rotatable bonds is 7. The molecule has 4 nitrogen and oxygen atoms in total. The average Bonchev–Trinajstić information content (AvgIpc) is 2.48. The van der Waals surface area contributed by atoms with Crippen molar-refractivity contribution in [2.24, 2.45) is 5.92 Å². The Hall–Kier alpha value is -1.52. The van der Waals surface area contributed by atoms with E-state index in [-0.39, 0.29) is 5.69 Å². The molecule has 2 aromatic rings. The lowest BCUT2D eigenvalue weighted by Gasteiger charge is -2.09. The first-order valence-electron chi connectivity index (χ1n) is 7.60. The zero-order chi connectivity index (χ0) is 16.8. The molecule has 0 unspecified atom stereocenters. The number of benzene rings is 1. The topological polar surface area (TPSA) is 44.1 Å². The Bertz CT molecular complexity index is 714. The van der Waals surface area contributed by atoms with E-state index < -0.39 is 0 Å². The average molecular weight is 355 g/mol. The summed E-state index contributed by atoms with van der Waals surface area (Å²) in [6, 6.07) is 6.89. The molecule has 1 heterocycles. The van der Waals surface area contributed by atoms with Crippen LogP contribution in [-0.2, 0) is 6.54 Å². The maximum atomic E-state index is 12.1. The van der Waals surface area contributed by atoms with Gasteiger partial charge in [-0.1, -0.05) is 43.1 Å². The predicted molar refractivity (Wildman–Crippen MR) is 93.6 cm³/mol. The fraction of sp³-hybridized carbons (Fsp3) is 0.412. The standard InChI is InChI=1S/C17H20Cl2N2O2/c1-12(2)4-3-9-23-16-7-8-21(17(22)20-16)11-13-5-6-14(18)10-15(13)19/h5-8,10,12H,3-4,9,11H2,1-2H3. The highest BCUT2D eigenvalue weighted by atomic mass is 35.5. The lowest BCUT2D eigenvalue weighted by molar-refractivity contribution is 0.285. The molecule has 0 aliphatic heterocycles. The van der Waals surface area contributed by atoms with Crippen molar-refractivity contribution in [3.8, 4) is 5.88 Å². The van der Waals surface area contributed by atoms with E-state index in [0.717, 1.165) is 18.4 Å². The van der Waals surface area contributed by atoms with Crippen molar-refractivity contribution in [3.63, 3.8) is 0 Å². The van der Waals surface area contributed by atoms with E-state index in [9.17, 15) is 4.79 Å². The van der Waals surface area contributed by atoms with Gasteiger partial charge in [0, 0.05) is 22.3 Å². The number of halogens is 2. The number of aromatic nitrogens is 2. The Morgan fingerprint density at radius 2 is 2.04 bits per heavy atom. The second kappa shape index (κ2) is 8.37. The van der Waals surface area contributed by atoms with Crippen molar-refractivity contribution < 1.29 is 4.74 Å². The van der Waals surface area contributed by atoms with E-state index in [1.165, 1.54) is 4.57 Å².